The number of phenolic OH excluding ortho intramolecular Hbond substituents is 1. The van der Waals surface area contributed by atoms with Gasteiger partial charge in [0.2, 0.25) is 5.91 Å². The highest BCUT2D eigenvalue weighted by Gasteiger charge is 2.33. The summed E-state index contributed by atoms with van der Waals surface area (Å²) < 4.78 is 0. The predicted octanol–water partition coefficient (Wildman–Crippen LogP) is 2.27. The lowest BCUT2D eigenvalue weighted by Gasteiger charge is -2.37. The Bertz CT molecular complexity index is 605. The van der Waals surface area contributed by atoms with Gasteiger partial charge in [-0.2, -0.15) is 0 Å². The summed E-state index contributed by atoms with van der Waals surface area (Å²) in [5.74, 6) is -0.115. The molecule has 0 radical (unpaired) electrons. The molecule has 2 aliphatic rings. The Hall–Kier alpha value is -1.75. The van der Waals surface area contributed by atoms with Crippen molar-refractivity contribution in [2.24, 2.45) is 0 Å². The molecule has 1 N–H and O–H groups in total. The molecule has 2 amide bonds. The first-order valence-corrected chi connectivity index (χ1v) is 8.01. The minimum Gasteiger partial charge on any atom is -0.507 e. The van der Waals surface area contributed by atoms with Crippen LogP contribution in [0.2, 0.25) is 5.02 Å². The van der Waals surface area contributed by atoms with Crippen LogP contribution in [0.1, 0.15) is 36.0 Å². The van der Waals surface area contributed by atoms with Crippen LogP contribution in [0.15, 0.2) is 18.2 Å². The van der Waals surface area contributed by atoms with Crippen molar-refractivity contribution in [1.82, 2.24) is 9.80 Å². The molecule has 2 saturated heterocycles. The molecule has 22 heavy (non-hydrogen) atoms. The van der Waals surface area contributed by atoms with Crippen molar-refractivity contribution >= 4 is 23.4 Å². The number of halogens is 1. The van der Waals surface area contributed by atoms with Gasteiger partial charge in [-0.25, -0.2) is 0 Å². The third-order valence-electron chi connectivity index (χ3n) is 4.42. The summed E-state index contributed by atoms with van der Waals surface area (Å²) >= 11 is 5.80. The SMILES string of the molecule is O=C(c1ccc(Cl)cc1O)N1CCC[C@@H](N2CCCC2=O)C1. The van der Waals surface area contributed by atoms with E-state index in [-0.39, 0.29) is 29.2 Å². The molecule has 0 unspecified atom stereocenters. The van der Waals surface area contributed by atoms with Crippen molar-refractivity contribution in [2.75, 3.05) is 19.6 Å². The summed E-state index contributed by atoms with van der Waals surface area (Å²) in [7, 11) is 0. The number of likely N-dealkylation sites (tertiary alicyclic amines) is 2. The zero-order valence-corrected chi connectivity index (χ0v) is 13.1. The molecule has 0 aliphatic carbocycles. The highest BCUT2D eigenvalue weighted by atomic mass is 35.5. The predicted molar refractivity (Wildman–Crippen MR) is 83.0 cm³/mol. The number of nitrogens with zero attached hydrogens (tertiary/aromatic N) is 2. The maximum Gasteiger partial charge on any atom is 0.257 e. The first-order valence-electron chi connectivity index (χ1n) is 7.63. The van der Waals surface area contributed by atoms with Crippen LogP contribution in [-0.2, 0) is 4.79 Å². The van der Waals surface area contributed by atoms with Crippen molar-refractivity contribution in [3.05, 3.63) is 28.8 Å². The summed E-state index contributed by atoms with van der Waals surface area (Å²) in [6.45, 7) is 1.98. The van der Waals surface area contributed by atoms with Crippen molar-refractivity contribution < 1.29 is 14.7 Å². The van der Waals surface area contributed by atoms with Gasteiger partial charge in [0, 0.05) is 37.1 Å². The molecule has 0 bridgehead atoms. The second-order valence-electron chi connectivity index (χ2n) is 5.90. The van der Waals surface area contributed by atoms with Crippen LogP contribution in [0, 0.1) is 0 Å². The molecule has 6 heteroatoms. The fraction of sp³-hybridized carbons (Fsp3) is 0.500. The van der Waals surface area contributed by atoms with Gasteiger partial charge in [0.25, 0.3) is 5.91 Å². The number of aromatic hydroxyl groups is 1. The molecule has 5 nitrogen and oxygen atoms in total. The minimum atomic E-state index is -0.203. The van der Waals surface area contributed by atoms with Crippen LogP contribution in [0.5, 0.6) is 5.75 Å². The molecular formula is C16H19ClN2O3. The second-order valence-corrected chi connectivity index (χ2v) is 6.34. The lowest BCUT2D eigenvalue weighted by molar-refractivity contribution is -0.130. The molecule has 1 aromatic rings. The van der Waals surface area contributed by atoms with Crippen molar-refractivity contribution in [3.63, 3.8) is 0 Å². The first kappa shape index (κ1) is 15.2. The van der Waals surface area contributed by atoms with Gasteiger partial charge in [-0.05, 0) is 37.5 Å². The Morgan fingerprint density at radius 3 is 2.77 bits per heavy atom. The van der Waals surface area contributed by atoms with E-state index in [9.17, 15) is 14.7 Å². The molecule has 2 aliphatic heterocycles. The summed E-state index contributed by atoms with van der Waals surface area (Å²) in [5.41, 5.74) is 0.262. The van der Waals surface area contributed by atoms with E-state index >= 15 is 0 Å². The molecule has 0 aromatic heterocycles. The molecule has 0 saturated carbocycles. The van der Waals surface area contributed by atoms with Gasteiger partial charge in [0.1, 0.15) is 5.75 Å². The van der Waals surface area contributed by atoms with Gasteiger partial charge in [-0.3, -0.25) is 9.59 Å². The Kier molecular flexibility index (Phi) is 4.25. The maximum absolute atomic E-state index is 12.6. The number of hydrogen-bond acceptors (Lipinski definition) is 3. The van der Waals surface area contributed by atoms with Gasteiger partial charge in [-0.15, -0.1) is 0 Å². The maximum atomic E-state index is 12.6. The van der Waals surface area contributed by atoms with Crippen LogP contribution >= 0.6 is 11.6 Å². The van der Waals surface area contributed by atoms with Crippen LogP contribution in [0.3, 0.4) is 0 Å². The number of rotatable bonds is 2. The topological polar surface area (TPSA) is 60.9 Å². The molecule has 1 atom stereocenters. The minimum absolute atomic E-state index is 0.0992. The Morgan fingerprint density at radius 1 is 1.27 bits per heavy atom. The third-order valence-corrected chi connectivity index (χ3v) is 4.66. The zero-order chi connectivity index (χ0) is 15.7. The lowest BCUT2D eigenvalue weighted by atomic mass is 10.0. The molecule has 118 valence electrons. The van der Waals surface area contributed by atoms with Crippen molar-refractivity contribution in [2.45, 2.75) is 31.7 Å². The second kappa shape index (κ2) is 6.16. The number of carbonyl (C=O) groups excluding carboxylic acids is 2. The summed E-state index contributed by atoms with van der Waals surface area (Å²) in [6, 6.07) is 4.62. The van der Waals surface area contributed by atoms with E-state index in [1.807, 2.05) is 4.90 Å². The van der Waals surface area contributed by atoms with Gasteiger partial charge < -0.3 is 14.9 Å². The molecule has 2 fully saturated rings. The van der Waals surface area contributed by atoms with Gasteiger partial charge in [0.05, 0.1) is 5.56 Å². The van der Waals surface area contributed by atoms with E-state index in [4.69, 9.17) is 11.6 Å². The summed E-state index contributed by atoms with van der Waals surface area (Å²) in [6.07, 6.45) is 3.32. The van der Waals surface area contributed by atoms with E-state index in [1.165, 1.54) is 6.07 Å². The summed E-state index contributed by atoms with van der Waals surface area (Å²) in [5, 5.41) is 10.3. The smallest absolute Gasteiger partial charge is 0.257 e. The Morgan fingerprint density at radius 2 is 2.09 bits per heavy atom. The van der Waals surface area contributed by atoms with Crippen molar-refractivity contribution in [3.8, 4) is 5.75 Å². The van der Waals surface area contributed by atoms with Crippen LogP contribution in [0.25, 0.3) is 0 Å². The highest BCUT2D eigenvalue weighted by Crippen LogP contribution is 2.26. The van der Waals surface area contributed by atoms with E-state index < -0.39 is 0 Å². The normalized spacial score (nSPS) is 22.2. The summed E-state index contributed by atoms with van der Waals surface area (Å²) in [4.78, 5) is 28.1. The molecule has 0 spiro atoms. The molecule has 1 aromatic carbocycles. The van der Waals surface area contributed by atoms with Crippen molar-refractivity contribution in [1.29, 1.82) is 0 Å². The van der Waals surface area contributed by atoms with Gasteiger partial charge in [0.15, 0.2) is 0 Å². The zero-order valence-electron chi connectivity index (χ0n) is 12.3. The number of amides is 2. The number of hydrogen-bond donors (Lipinski definition) is 1. The fourth-order valence-electron chi connectivity index (χ4n) is 3.30. The van der Waals surface area contributed by atoms with Crippen LogP contribution in [0.4, 0.5) is 0 Å². The Labute approximate surface area is 134 Å². The molecular weight excluding hydrogens is 304 g/mol. The molecule has 3 rings (SSSR count). The number of benzene rings is 1. The monoisotopic (exact) mass is 322 g/mol. The standard InChI is InChI=1S/C16H19ClN2O3/c17-11-5-6-13(14(20)9-11)16(22)18-7-1-3-12(10-18)19-8-2-4-15(19)21/h5-6,9,12,20H,1-4,7-8,10H2/t12-/m1/s1. The van der Waals surface area contributed by atoms with E-state index in [1.54, 1.807) is 17.0 Å². The quantitative estimate of drug-likeness (QED) is 0.908. The number of phenols is 1. The third kappa shape index (κ3) is 2.90. The first-order chi connectivity index (χ1) is 10.6. The molecule has 2 heterocycles. The van der Waals surface area contributed by atoms with Crippen LogP contribution < -0.4 is 0 Å². The van der Waals surface area contributed by atoms with Gasteiger partial charge in [-0.1, -0.05) is 11.6 Å². The lowest BCUT2D eigenvalue weighted by Crippen LogP contribution is -2.50. The number of carbonyl (C=O) groups is 2. The largest absolute Gasteiger partial charge is 0.507 e. The fourth-order valence-corrected chi connectivity index (χ4v) is 3.47. The average molecular weight is 323 g/mol. The average Bonchev–Trinajstić information content (AvgIpc) is 2.93. The van der Waals surface area contributed by atoms with Crippen LogP contribution in [-0.4, -0.2) is 52.4 Å². The highest BCUT2D eigenvalue weighted by molar-refractivity contribution is 6.30. The van der Waals surface area contributed by atoms with E-state index in [0.29, 0.717) is 24.5 Å². The van der Waals surface area contributed by atoms with E-state index in [0.717, 1.165) is 25.8 Å². The van der Waals surface area contributed by atoms with E-state index in [2.05, 4.69) is 0 Å². The van der Waals surface area contributed by atoms with Gasteiger partial charge >= 0.3 is 0 Å². The Balaban J connectivity index is 1.73. The number of piperidine rings is 1.